The molecular formula is C33H29N7O4. The lowest BCUT2D eigenvalue weighted by atomic mass is 9.96. The molecule has 11 nitrogen and oxygen atoms in total. The maximum atomic E-state index is 13.6. The Morgan fingerprint density at radius 2 is 1.77 bits per heavy atom. The number of hydrogen-bond acceptors (Lipinski definition) is 6. The third-order valence-electron chi connectivity index (χ3n) is 7.52. The van der Waals surface area contributed by atoms with Crippen molar-refractivity contribution < 1.29 is 14.3 Å². The Bertz CT molecular complexity index is 2120. The Morgan fingerprint density at radius 1 is 0.955 bits per heavy atom. The highest BCUT2D eigenvalue weighted by molar-refractivity contribution is 6.12. The molecule has 0 bridgehead atoms. The molecule has 0 radical (unpaired) electrons. The zero-order valence-electron chi connectivity index (χ0n) is 24.3. The molecular weight excluding hydrogens is 558 g/mol. The van der Waals surface area contributed by atoms with Crippen LogP contribution in [0.1, 0.15) is 27.8 Å². The van der Waals surface area contributed by atoms with Crippen molar-refractivity contribution in [2.75, 3.05) is 12.4 Å². The molecule has 0 saturated carbocycles. The van der Waals surface area contributed by atoms with Gasteiger partial charge in [0.25, 0.3) is 5.91 Å². The molecule has 0 atom stereocenters. The number of ether oxygens (including phenoxy) is 1. The van der Waals surface area contributed by atoms with Crippen molar-refractivity contribution in [2.45, 2.75) is 13.5 Å². The van der Waals surface area contributed by atoms with E-state index < -0.39 is 11.8 Å². The van der Waals surface area contributed by atoms with Gasteiger partial charge in [0.1, 0.15) is 12.1 Å². The van der Waals surface area contributed by atoms with Crippen LogP contribution in [0.2, 0.25) is 0 Å². The Kier molecular flexibility index (Phi) is 7.28. The van der Waals surface area contributed by atoms with Crippen molar-refractivity contribution in [3.05, 3.63) is 113 Å². The summed E-state index contributed by atoms with van der Waals surface area (Å²) in [4.78, 5) is 42.5. The summed E-state index contributed by atoms with van der Waals surface area (Å²) in [5.41, 5.74) is 10.8. The number of nitrogens with one attached hydrogen (secondary N) is 1. The van der Waals surface area contributed by atoms with Crippen LogP contribution >= 0.6 is 0 Å². The second-order valence-corrected chi connectivity index (χ2v) is 10.1. The normalized spacial score (nSPS) is 11.1. The first-order valence-corrected chi connectivity index (χ1v) is 13.9. The first-order chi connectivity index (χ1) is 21.3. The molecule has 44 heavy (non-hydrogen) atoms. The molecule has 0 spiro atoms. The van der Waals surface area contributed by atoms with E-state index in [4.69, 9.17) is 10.5 Å². The fraction of sp³-hybridized carbons (Fsp3) is 0.121. The number of fused-ring (bicyclic) bond motifs is 1. The summed E-state index contributed by atoms with van der Waals surface area (Å²) in [6.45, 7) is 2.54. The second-order valence-electron chi connectivity index (χ2n) is 10.1. The molecule has 0 saturated heterocycles. The highest BCUT2D eigenvalue weighted by Crippen LogP contribution is 2.40. The molecule has 3 N–H and O–H groups in total. The third kappa shape index (κ3) is 4.90. The van der Waals surface area contributed by atoms with E-state index in [9.17, 15) is 14.4 Å². The second kappa shape index (κ2) is 11.4. The molecule has 6 rings (SSSR count). The summed E-state index contributed by atoms with van der Waals surface area (Å²) >= 11 is 0. The number of para-hydroxylation sites is 1. The van der Waals surface area contributed by atoms with Gasteiger partial charge in [0.2, 0.25) is 5.91 Å². The fourth-order valence-corrected chi connectivity index (χ4v) is 5.43. The molecule has 0 unspecified atom stereocenters. The van der Waals surface area contributed by atoms with E-state index in [1.54, 1.807) is 38.6 Å². The van der Waals surface area contributed by atoms with E-state index in [0.717, 1.165) is 27.8 Å². The maximum absolute atomic E-state index is 13.6. The highest BCUT2D eigenvalue weighted by Gasteiger charge is 2.22. The Morgan fingerprint density at radius 3 is 2.50 bits per heavy atom. The van der Waals surface area contributed by atoms with Crippen molar-refractivity contribution in [3.63, 3.8) is 0 Å². The summed E-state index contributed by atoms with van der Waals surface area (Å²) in [6, 6.07) is 23.8. The molecule has 6 aromatic rings. The molecule has 2 amide bonds. The third-order valence-corrected chi connectivity index (χ3v) is 7.52. The van der Waals surface area contributed by atoms with Crippen LogP contribution in [0.3, 0.4) is 0 Å². The lowest BCUT2D eigenvalue weighted by molar-refractivity contribution is 0.0995. The van der Waals surface area contributed by atoms with E-state index >= 15 is 0 Å². The minimum absolute atomic E-state index is 0.234. The van der Waals surface area contributed by atoms with Gasteiger partial charge in [-0.1, -0.05) is 30.3 Å². The van der Waals surface area contributed by atoms with E-state index in [2.05, 4.69) is 15.4 Å². The zero-order chi connectivity index (χ0) is 31.0. The number of carbonyl (C=O) groups is 2. The molecule has 0 aliphatic heterocycles. The lowest BCUT2D eigenvalue weighted by Gasteiger charge is -2.17. The summed E-state index contributed by atoms with van der Waals surface area (Å²) in [5.74, 6) is -0.340. The Labute approximate surface area is 252 Å². The summed E-state index contributed by atoms with van der Waals surface area (Å²) in [6.07, 6.45) is 3.09. The summed E-state index contributed by atoms with van der Waals surface area (Å²) in [7, 11) is 3.22. The van der Waals surface area contributed by atoms with Crippen molar-refractivity contribution in [1.29, 1.82) is 0 Å². The smallest absolute Gasteiger partial charge is 0.350 e. The number of nitrogens with zero attached hydrogens (tertiary/aromatic N) is 5. The lowest BCUT2D eigenvalue weighted by Crippen LogP contribution is -2.21. The van der Waals surface area contributed by atoms with E-state index in [1.165, 1.54) is 21.6 Å². The van der Waals surface area contributed by atoms with Crippen LogP contribution in [0.5, 0.6) is 5.75 Å². The van der Waals surface area contributed by atoms with Gasteiger partial charge < -0.3 is 20.4 Å². The standard InChI is InChI=1S/C33H29N7O4/c1-4-39-27(17-20-14-15-35-29(30(20)39)32(42)37-22-9-7-8-21(16-22)31(34)41)24-13-12-23(40-19-36-38(2)33(40)43)18-26(24)25-10-5-6-11-28(25)44-3/h5-19H,4H2,1-3H3,(H2,34,41)(H,37,42). The number of methoxy groups -OCH3 is 1. The number of primary amides is 1. The first-order valence-electron chi connectivity index (χ1n) is 13.9. The number of aryl methyl sites for hydroxylation is 2. The van der Waals surface area contributed by atoms with Crippen LogP contribution in [0.4, 0.5) is 5.69 Å². The number of aromatic nitrogens is 5. The van der Waals surface area contributed by atoms with Gasteiger partial charge in [-0.3, -0.25) is 9.59 Å². The molecule has 0 aliphatic rings. The summed E-state index contributed by atoms with van der Waals surface area (Å²) in [5, 5.41) is 7.78. The van der Waals surface area contributed by atoms with Gasteiger partial charge in [-0.25, -0.2) is 19.0 Å². The van der Waals surface area contributed by atoms with Gasteiger partial charge >= 0.3 is 5.69 Å². The molecule has 11 heteroatoms. The largest absolute Gasteiger partial charge is 0.496 e. The van der Waals surface area contributed by atoms with Crippen molar-refractivity contribution in [2.24, 2.45) is 12.8 Å². The van der Waals surface area contributed by atoms with E-state index in [-0.39, 0.29) is 16.9 Å². The molecule has 3 aromatic heterocycles. The van der Waals surface area contributed by atoms with Crippen LogP contribution in [0.25, 0.3) is 39.0 Å². The zero-order valence-corrected chi connectivity index (χ0v) is 24.3. The number of anilines is 1. The topological polar surface area (TPSA) is 139 Å². The minimum atomic E-state index is -0.587. The Balaban J connectivity index is 1.53. The monoisotopic (exact) mass is 587 g/mol. The van der Waals surface area contributed by atoms with Crippen molar-refractivity contribution in [1.82, 2.24) is 23.9 Å². The molecule has 0 aliphatic carbocycles. The van der Waals surface area contributed by atoms with Gasteiger partial charge in [-0.05, 0) is 61.0 Å². The predicted molar refractivity (Wildman–Crippen MR) is 168 cm³/mol. The van der Waals surface area contributed by atoms with Crippen LogP contribution in [0.15, 0.2) is 96.2 Å². The number of nitrogens with two attached hydrogens (primary N) is 1. The quantitative estimate of drug-likeness (QED) is 0.266. The number of rotatable bonds is 8. The van der Waals surface area contributed by atoms with Gasteiger partial charge in [-0.2, -0.15) is 5.10 Å². The number of carbonyl (C=O) groups excluding carboxylic acids is 2. The number of benzene rings is 3. The predicted octanol–water partition coefficient (Wildman–Crippen LogP) is 4.63. The van der Waals surface area contributed by atoms with Gasteiger partial charge in [0.05, 0.1) is 18.3 Å². The van der Waals surface area contributed by atoms with Gasteiger partial charge in [-0.15, -0.1) is 0 Å². The fourth-order valence-electron chi connectivity index (χ4n) is 5.43. The first kappa shape index (κ1) is 28.2. The molecule has 3 aromatic carbocycles. The summed E-state index contributed by atoms with van der Waals surface area (Å²) < 4.78 is 10.5. The SMILES string of the molecule is CCn1c(-c2ccc(-n3cnn(C)c3=O)cc2-c2ccccc2OC)cc2ccnc(C(=O)Nc3cccc(C(N)=O)c3)c21. The molecule has 220 valence electrons. The van der Waals surface area contributed by atoms with E-state index in [1.807, 2.05) is 66.1 Å². The van der Waals surface area contributed by atoms with Crippen LogP contribution in [-0.4, -0.2) is 42.8 Å². The Hall–Kier alpha value is -5.97. The number of amides is 2. The minimum Gasteiger partial charge on any atom is -0.496 e. The molecule has 0 fully saturated rings. The number of hydrogen-bond donors (Lipinski definition) is 2. The van der Waals surface area contributed by atoms with Crippen LogP contribution < -0.4 is 21.5 Å². The van der Waals surface area contributed by atoms with E-state index in [0.29, 0.717) is 29.2 Å². The average Bonchev–Trinajstić information content (AvgIpc) is 3.59. The molecule has 3 heterocycles. The highest BCUT2D eigenvalue weighted by atomic mass is 16.5. The van der Waals surface area contributed by atoms with Crippen LogP contribution in [0, 0.1) is 0 Å². The van der Waals surface area contributed by atoms with Crippen LogP contribution in [-0.2, 0) is 13.6 Å². The van der Waals surface area contributed by atoms with Gasteiger partial charge in [0, 0.05) is 53.2 Å². The van der Waals surface area contributed by atoms with Crippen molar-refractivity contribution in [3.8, 4) is 33.8 Å². The number of pyridine rings is 1. The average molecular weight is 588 g/mol. The van der Waals surface area contributed by atoms with Gasteiger partial charge in [0.15, 0.2) is 5.69 Å². The van der Waals surface area contributed by atoms with Crippen molar-refractivity contribution >= 4 is 28.4 Å². The maximum Gasteiger partial charge on any atom is 0.350 e.